The summed E-state index contributed by atoms with van der Waals surface area (Å²) in [5, 5.41) is 8.43. The molecular formula is C7H6BrN3. The number of aromatic nitrogens is 1. The van der Waals surface area contributed by atoms with Crippen molar-refractivity contribution in [1.29, 1.82) is 5.26 Å². The third kappa shape index (κ3) is 2.00. The Labute approximate surface area is 73.0 Å². The minimum Gasteiger partial charge on any atom is -0.311 e. The lowest BCUT2D eigenvalue weighted by molar-refractivity contribution is 0.874. The molecule has 1 heterocycles. The van der Waals surface area contributed by atoms with E-state index in [-0.39, 0.29) is 0 Å². The van der Waals surface area contributed by atoms with E-state index >= 15 is 0 Å². The first-order chi connectivity index (χ1) is 5.24. The van der Waals surface area contributed by atoms with Gasteiger partial charge in [-0.1, -0.05) is 0 Å². The van der Waals surface area contributed by atoms with Gasteiger partial charge in [-0.15, -0.1) is 0 Å². The Hall–Kier alpha value is -0.920. The van der Waals surface area contributed by atoms with Crippen LogP contribution in [0.4, 0.5) is 0 Å². The first-order valence-electron chi connectivity index (χ1n) is 3.00. The second-order valence-corrected chi connectivity index (χ2v) is 2.92. The molecule has 11 heavy (non-hydrogen) atoms. The van der Waals surface area contributed by atoms with Gasteiger partial charge in [0.15, 0.2) is 0 Å². The number of halogens is 1. The predicted molar refractivity (Wildman–Crippen MR) is 44.5 cm³/mol. The van der Waals surface area contributed by atoms with Crippen LogP contribution in [0.2, 0.25) is 0 Å². The summed E-state index contributed by atoms with van der Waals surface area (Å²) in [4.78, 5) is 3.95. The second-order valence-electron chi connectivity index (χ2n) is 2.01. The number of rotatable bonds is 1. The Morgan fingerprint density at radius 3 is 2.82 bits per heavy atom. The molecule has 2 N–H and O–H groups in total. The van der Waals surface area contributed by atoms with Crippen molar-refractivity contribution in [3.8, 4) is 6.07 Å². The van der Waals surface area contributed by atoms with Crippen LogP contribution in [0.5, 0.6) is 0 Å². The molecule has 0 spiro atoms. The standard InChI is InChI=1S/C7H6BrN3/c8-5-1-2-7(11-4-5)6(10)3-9/h1-2,4,6H,10H2. The van der Waals surface area contributed by atoms with E-state index in [9.17, 15) is 0 Å². The van der Waals surface area contributed by atoms with Crippen LogP contribution in [0.1, 0.15) is 11.7 Å². The lowest BCUT2D eigenvalue weighted by Crippen LogP contribution is -2.08. The molecule has 0 aliphatic rings. The summed E-state index contributed by atoms with van der Waals surface area (Å²) in [7, 11) is 0. The number of nitriles is 1. The molecule has 4 heteroatoms. The van der Waals surface area contributed by atoms with E-state index in [1.165, 1.54) is 0 Å². The van der Waals surface area contributed by atoms with Crippen molar-refractivity contribution in [2.45, 2.75) is 6.04 Å². The number of hydrogen-bond acceptors (Lipinski definition) is 3. The number of nitrogens with two attached hydrogens (primary N) is 1. The molecule has 3 nitrogen and oxygen atoms in total. The fourth-order valence-electron chi connectivity index (χ4n) is 0.637. The van der Waals surface area contributed by atoms with E-state index in [0.29, 0.717) is 5.69 Å². The summed E-state index contributed by atoms with van der Waals surface area (Å²) < 4.78 is 0.881. The van der Waals surface area contributed by atoms with Crippen LogP contribution in [-0.4, -0.2) is 4.98 Å². The summed E-state index contributed by atoms with van der Waals surface area (Å²) in [5.74, 6) is 0. The Bertz CT molecular complexity index is 275. The molecule has 1 rings (SSSR count). The van der Waals surface area contributed by atoms with Gasteiger partial charge in [-0.05, 0) is 28.1 Å². The SMILES string of the molecule is N#CC(N)c1ccc(Br)cn1. The van der Waals surface area contributed by atoms with E-state index in [1.807, 2.05) is 6.07 Å². The quantitative estimate of drug-likeness (QED) is 0.764. The monoisotopic (exact) mass is 211 g/mol. The van der Waals surface area contributed by atoms with Crippen molar-refractivity contribution in [1.82, 2.24) is 4.98 Å². The smallest absolute Gasteiger partial charge is 0.135 e. The molecule has 0 bridgehead atoms. The van der Waals surface area contributed by atoms with Gasteiger partial charge >= 0.3 is 0 Å². The van der Waals surface area contributed by atoms with Gasteiger partial charge in [0.05, 0.1) is 11.8 Å². The molecule has 1 aromatic rings. The number of pyridine rings is 1. The molecular weight excluding hydrogens is 206 g/mol. The zero-order valence-electron chi connectivity index (χ0n) is 5.66. The highest BCUT2D eigenvalue weighted by atomic mass is 79.9. The Morgan fingerprint density at radius 2 is 2.36 bits per heavy atom. The highest BCUT2D eigenvalue weighted by molar-refractivity contribution is 9.10. The van der Waals surface area contributed by atoms with Crippen LogP contribution in [0.25, 0.3) is 0 Å². The molecule has 0 radical (unpaired) electrons. The van der Waals surface area contributed by atoms with Crippen LogP contribution < -0.4 is 5.73 Å². The minimum absolute atomic E-state index is 0.593. The van der Waals surface area contributed by atoms with E-state index in [4.69, 9.17) is 11.0 Å². The molecule has 56 valence electrons. The van der Waals surface area contributed by atoms with Crippen LogP contribution in [-0.2, 0) is 0 Å². The molecule has 0 aromatic carbocycles. The van der Waals surface area contributed by atoms with Gasteiger partial charge in [0.2, 0.25) is 0 Å². The molecule has 0 saturated heterocycles. The van der Waals surface area contributed by atoms with Crippen LogP contribution in [0.15, 0.2) is 22.8 Å². The maximum atomic E-state index is 8.43. The zero-order chi connectivity index (χ0) is 8.27. The highest BCUT2D eigenvalue weighted by Gasteiger charge is 2.03. The molecule has 0 aliphatic carbocycles. The highest BCUT2D eigenvalue weighted by Crippen LogP contribution is 2.10. The fraction of sp³-hybridized carbons (Fsp3) is 0.143. The van der Waals surface area contributed by atoms with Gasteiger partial charge < -0.3 is 5.73 Å². The normalized spacial score (nSPS) is 12.1. The summed E-state index contributed by atoms with van der Waals surface area (Å²) >= 11 is 3.23. The van der Waals surface area contributed by atoms with E-state index in [0.717, 1.165) is 4.47 Å². The first-order valence-corrected chi connectivity index (χ1v) is 3.80. The third-order valence-electron chi connectivity index (χ3n) is 1.21. The molecule has 0 fully saturated rings. The number of nitrogens with zero attached hydrogens (tertiary/aromatic N) is 2. The van der Waals surface area contributed by atoms with Gasteiger partial charge in [-0.2, -0.15) is 5.26 Å². The van der Waals surface area contributed by atoms with Crippen molar-refractivity contribution in [2.75, 3.05) is 0 Å². The van der Waals surface area contributed by atoms with Crippen LogP contribution in [0, 0.1) is 11.3 Å². The predicted octanol–water partition coefficient (Wildman–Crippen LogP) is 1.37. The fourth-order valence-corrected chi connectivity index (χ4v) is 0.872. The van der Waals surface area contributed by atoms with Crippen molar-refractivity contribution >= 4 is 15.9 Å². The first kappa shape index (κ1) is 8.18. The summed E-state index contributed by atoms with van der Waals surface area (Å²) in [6.07, 6.45) is 1.62. The van der Waals surface area contributed by atoms with Crippen LogP contribution in [0.3, 0.4) is 0 Å². The molecule has 0 aliphatic heterocycles. The Morgan fingerprint density at radius 1 is 1.64 bits per heavy atom. The average molecular weight is 212 g/mol. The van der Waals surface area contributed by atoms with Gasteiger partial charge in [0.1, 0.15) is 6.04 Å². The van der Waals surface area contributed by atoms with E-state index in [2.05, 4.69) is 20.9 Å². The molecule has 0 amide bonds. The van der Waals surface area contributed by atoms with Gasteiger partial charge in [-0.25, -0.2) is 0 Å². The Balaban J connectivity index is 2.92. The largest absolute Gasteiger partial charge is 0.311 e. The van der Waals surface area contributed by atoms with E-state index in [1.54, 1.807) is 18.3 Å². The van der Waals surface area contributed by atoms with Crippen molar-refractivity contribution in [3.05, 3.63) is 28.5 Å². The zero-order valence-corrected chi connectivity index (χ0v) is 7.25. The lowest BCUT2D eigenvalue weighted by Gasteiger charge is -1.99. The molecule has 1 atom stereocenters. The van der Waals surface area contributed by atoms with Crippen molar-refractivity contribution < 1.29 is 0 Å². The third-order valence-corrected chi connectivity index (χ3v) is 1.68. The summed E-state index contributed by atoms with van der Waals surface area (Å²) in [5.41, 5.74) is 6.00. The lowest BCUT2D eigenvalue weighted by atomic mass is 10.2. The average Bonchev–Trinajstić information content (AvgIpc) is 2.05. The van der Waals surface area contributed by atoms with Crippen molar-refractivity contribution in [3.63, 3.8) is 0 Å². The summed E-state index contributed by atoms with van der Waals surface area (Å²) in [6, 6.07) is 4.80. The molecule has 1 aromatic heterocycles. The minimum atomic E-state index is -0.622. The maximum absolute atomic E-state index is 8.43. The van der Waals surface area contributed by atoms with Gasteiger partial charge in [-0.3, -0.25) is 4.98 Å². The second kappa shape index (κ2) is 3.46. The Kier molecular flexibility index (Phi) is 2.58. The maximum Gasteiger partial charge on any atom is 0.135 e. The molecule has 0 saturated carbocycles. The number of hydrogen-bond donors (Lipinski definition) is 1. The van der Waals surface area contributed by atoms with Gasteiger partial charge in [0, 0.05) is 10.7 Å². The van der Waals surface area contributed by atoms with Gasteiger partial charge in [0.25, 0.3) is 0 Å². The summed E-state index contributed by atoms with van der Waals surface area (Å²) in [6.45, 7) is 0. The van der Waals surface area contributed by atoms with E-state index < -0.39 is 6.04 Å². The molecule has 1 unspecified atom stereocenters. The van der Waals surface area contributed by atoms with Crippen molar-refractivity contribution in [2.24, 2.45) is 5.73 Å². The van der Waals surface area contributed by atoms with Crippen LogP contribution >= 0.6 is 15.9 Å². The topological polar surface area (TPSA) is 62.7 Å².